The van der Waals surface area contributed by atoms with Crippen LogP contribution in [0.15, 0.2) is 48.5 Å². The van der Waals surface area contributed by atoms with Crippen molar-refractivity contribution in [1.29, 1.82) is 0 Å². The summed E-state index contributed by atoms with van der Waals surface area (Å²) in [7, 11) is 0. The Morgan fingerprint density at radius 3 is 2.78 bits per heavy atom. The minimum absolute atomic E-state index is 0.0314. The molecule has 0 saturated heterocycles. The lowest BCUT2D eigenvalue weighted by molar-refractivity contribution is -0.163. The number of fused-ring (bicyclic) bond motifs is 1. The molecule has 0 spiro atoms. The number of aryl methyl sites for hydroxylation is 1. The number of benzene rings is 2. The molecular formula is C21H20FNO4. The number of hydrogen-bond donors (Lipinski definition) is 2. The number of aliphatic hydroxyl groups is 1. The SMILES string of the molecule is CCOC(=O)C(O)(/C=C/c1ccccc1F)C1C(=O)Nc2ccc(C)cc21. The van der Waals surface area contributed by atoms with Crippen molar-refractivity contribution in [1.82, 2.24) is 0 Å². The number of amides is 1. The summed E-state index contributed by atoms with van der Waals surface area (Å²) in [6.45, 7) is 3.48. The fraction of sp³-hybridized carbons (Fsp3) is 0.238. The molecule has 2 aromatic rings. The zero-order valence-electron chi connectivity index (χ0n) is 15.0. The predicted molar refractivity (Wildman–Crippen MR) is 99.6 cm³/mol. The normalized spacial score (nSPS) is 18.1. The second-order valence-corrected chi connectivity index (χ2v) is 6.41. The maximum Gasteiger partial charge on any atom is 0.343 e. The average Bonchev–Trinajstić information content (AvgIpc) is 2.96. The van der Waals surface area contributed by atoms with Gasteiger partial charge in [0, 0.05) is 11.3 Å². The molecule has 2 aromatic carbocycles. The van der Waals surface area contributed by atoms with E-state index in [-0.39, 0.29) is 12.2 Å². The molecule has 0 saturated carbocycles. The van der Waals surface area contributed by atoms with Gasteiger partial charge in [0.25, 0.3) is 0 Å². The van der Waals surface area contributed by atoms with Crippen LogP contribution < -0.4 is 5.32 Å². The van der Waals surface area contributed by atoms with Crippen LogP contribution in [0.5, 0.6) is 0 Å². The molecule has 1 amide bonds. The zero-order chi connectivity index (χ0) is 19.6. The maximum absolute atomic E-state index is 13.9. The molecule has 27 heavy (non-hydrogen) atoms. The van der Waals surface area contributed by atoms with E-state index in [1.54, 1.807) is 25.1 Å². The standard InChI is InChI=1S/C21H20FNO4/c1-3-27-20(25)21(26,11-10-14-6-4-5-7-16(14)22)18-15-12-13(2)8-9-17(15)23-19(18)24/h4-12,18,26H,3H2,1-2H3,(H,23,24)/b11-10+. The molecule has 0 radical (unpaired) electrons. The summed E-state index contributed by atoms with van der Waals surface area (Å²) < 4.78 is 18.9. The van der Waals surface area contributed by atoms with Gasteiger partial charge in [-0.25, -0.2) is 9.18 Å². The topological polar surface area (TPSA) is 75.6 Å². The molecule has 3 rings (SSSR count). The van der Waals surface area contributed by atoms with Crippen LogP contribution in [0.2, 0.25) is 0 Å². The summed E-state index contributed by atoms with van der Waals surface area (Å²) in [6, 6.07) is 11.2. The largest absolute Gasteiger partial charge is 0.464 e. The third kappa shape index (κ3) is 3.48. The van der Waals surface area contributed by atoms with Gasteiger partial charge in [-0.1, -0.05) is 42.0 Å². The highest BCUT2D eigenvalue weighted by Gasteiger charge is 2.51. The molecule has 2 N–H and O–H groups in total. The smallest absolute Gasteiger partial charge is 0.343 e. The minimum Gasteiger partial charge on any atom is -0.464 e. The quantitative estimate of drug-likeness (QED) is 0.794. The molecular weight excluding hydrogens is 349 g/mol. The van der Waals surface area contributed by atoms with E-state index in [1.165, 1.54) is 24.3 Å². The minimum atomic E-state index is -2.28. The first-order valence-electron chi connectivity index (χ1n) is 8.61. The van der Waals surface area contributed by atoms with Crippen LogP contribution in [-0.4, -0.2) is 29.2 Å². The Morgan fingerprint density at radius 1 is 1.33 bits per heavy atom. The van der Waals surface area contributed by atoms with E-state index in [2.05, 4.69) is 5.32 Å². The third-order valence-corrected chi connectivity index (χ3v) is 4.50. The molecule has 140 valence electrons. The van der Waals surface area contributed by atoms with Crippen LogP contribution in [0, 0.1) is 12.7 Å². The second-order valence-electron chi connectivity index (χ2n) is 6.41. The summed E-state index contributed by atoms with van der Waals surface area (Å²) in [4.78, 5) is 25.2. The van der Waals surface area contributed by atoms with E-state index >= 15 is 0 Å². The Balaban J connectivity index is 2.09. The molecule has 0 bridgehead atoms. The van der Waals surface area contributed by atoms with Crippen LogP contribution in [0.3, 0.4) is 0 Å². The van der Waals surface area contributed by atoms with Crippen LogP contribution in [0.1, 0.15) is 29.5 Å². The maximum atomic E-state index is 13.9. The van der Waals surface area contributed by atoms with Crippen LogP contribution in [-0.2, 0) is 14.3 Å². The molecule has 0 aromatic heterocycles. The molecule has 0 fully saturated rings. The van der Waals surface area contributed by atoms with Crippen molar-refractivity contribution in [2.45, 2.75) is 25.4 Å². The van der Waals surface area contributed by atoms with Crippen LogP contribution in [0.4, 0.5) is 10.1 Å². The van der Waals surface area contributed by atoms with Crippen LogP contribution >= 0.6 is 0 Å². The summed E-state index contributed by atoms with van der Waals surface area (Å²) in [5, 5.41) is 13.9. The molecule has 1 heterocycles. The molecule has 2 unspecified atom stereocenters. The van der Waals surface area contributed by atoms with Gasteiger partial charge in [-0.05, 0) is 37.6 Å². The van der Waals surface area contributed by atoms with Crippen molar-refractivity contribution >= 4 is 23.6 Å². The molecule has 5 nitrogen and oxygen atoms in total. The summed E-state index contributed by atoms with van der Waals surface area (Å²) in [6.07, 6.45) is 2.42. The first-order chi connectivity index (χ1) is 12.9. The monoisotopic (exact) mass is 369 g/mol. The van der Waals surface area contributed by atoms with E-state index < -0.39 is 29.2 Å². The highest BCUT2D eigenvalue weighted by atomic mass is 19.1. The summed E-state index contributed by atoms with van der Waals surface area (Å²) in [5.41, 5.74) is -0.199. The second kappa shape index (κ2) is 7.32. The molecule has 6 heteroatoms. The van der Waals surface area contributed by atoms with E-state index in [4.69, 9.17) is 4.74 Å². The average molecular weight is 369 g/mol. The lowest BCUT2D eigenvalue weighted by Crippen LogP contribution is -2.46. The van der Waals surface area contributed by atoms with Gasteiger partial charge in [0.15, 0.2) is 5.60 Å². The Morgan fingerprint density at radius 2 is 2.07 bits per heavy atom. The fourth-order valence-corrected chi connectivity index (χ4v) is 3.17. The number of anilines is 1. The molecule has 1 aliphatic rings. The predicted octanol–water partition coefficient (Wildman–Crippen LogP) is 3.18. The number of carbonyl (C=O) groups is 2. The van der Waals surface area contributed by atoms with Crippen molar-refractivity contribution in [3.63, 3.8) is 0 Å². The van der Waals surface area contributed by atoms with Gasteiger partial charge in [-0.3, -0.25) is 4.79 Å². The number of hydrogen-bond acceptors (Lipinski definition) is 4. The van der Waals surface area contributed by atoms with Crippen molar-refractivity contribution in [2.75, 3.05) is 11.9 Å². The Kier molecular flexibility index (Phi) is 5.10. The Labute approximate surface area is 156 Å². The van der Waals surface area contributed by atoms with E-state index in [0.717, 1.165) is 11.6 Å². The number of rotatable bonds is 5. The van der Waals surface area contributed by atoms with Gasteiger partial charge in [0.1, 0.15) is 11.7 Å². The third-order valence-electron chi connectivity index (χ3n) is 4.50. The highest BCUT2D eigenvalue weighted by molar-refractivity contribution is 6.08. The first kappa shape index (κ1) is 18.8. The van der Waals surface area contributed by atoms with Crippen molar-refractivity contribution in [3.05, 3.63) is 71.0 Å². The van der Waals surface area contributed by atoms with E-state index in [1.807, 2.05) is 13.0 Å². The lowest BCUT2D eigenvalue weighted by atomic mass is 9.81. The van der Waals surface area contributed by atoms with Crippen molar-refractivity contribution in [2.24, 2.45) is 0 Å². The van der Waals surface area contributed by atoms with Crippen LogP contribution in [0.25, 0.3) is 6.08 Å². The number of esters is 1. The summed E-state index contributed by atoms with van der Waals surface area (Å²) in [5.74, 6) is -3.20. The number of carbonyl (C=O) groups excluding carboxylic acids is 2. The number of nitrogens with one attached hydrogen (secondary N) is 1. The number of halogens is 1. The van der Waals surface area contributed by atoms with E-state index in [9.17, 15) is 19.1 Å². The van der Waals surface area contributed by atoms with E-state index in [0.29, 0.717) is 11.3 Å². The number of ether oxygens (including phenoxy) is 1. The van der Waals surface area contributed by atoms with Crippen molar-refractivity contribution < 1.29 is 23.8 Å². The van der Waals surface area contributed by atoms with Gasteiger partial charge in [-0.2, -0.15) is 0 Å². The Hall–Kier alpha value is -2.99. The molecule has 1 aliphatic heterocycles. The molecule has 0 aliphatic carbocycles. The van der Waals surface area contributed by atoms with Crippen molar-refractivity contribution in [3.8, 4) is 0 Å². The summed E-state index contributed by atoms with van der Waals surface area (Å²) >= 11 is 0. The Bertz CT molecular complexity index is 924. The lowest BCUT2D eigenvalue weighted by Gasteiger charge is -2.27. The van der Waals surface area contributed by atoms with Gasteiger partial charge < -0.3 is 15.2 Å². The van der Waals surface area contributed by atoms with Gasteiger partial charge in [0.05, 0.1) is 6.61 Å². The molecule has 2 atom stereocenters. The highest BCUT2D eigenvalue weighted by Crippen LogP contribution is 2.41. The zero-order valence-corrected chi connectivity index (χ0v) is 15.0. The van der Waals surface area contributed by atoms with Gasteiger partial charge in [-0.15, -0.1) is 0 Å². The van der Waals surface area contributed by atoms with Gasteiger partial charge >= 0.3 is 5.97 Å². The van der Waals surface area contributed by atoms with Gasteiger partial charge in [0.2, 0.25) is 5.91 Å². The first-order valence-corrected chi connectivity index (χ1v) is 8.61. The fourth-order valence-electron chi connectivity index (χ4n) is 3.17.